The number of hydrogen-bond donors (Lipinski definition) is 1. The van der Waals surface area contributed by atoms with Gasteiger partial charge in [0.05, 0.1) is 0 Å². The molecule has 1 saturated heterocycles. The third kappa shape index (κ3) is 2.43. The number of rotatable bonds is 4. The summed E-state index contributed by atoms with van der Waals surface area (Å²) in [4.78, 5) is 6.54. The van der Waals surface area contributed by atoms with Gasteiger partial charge in [0, 0.05) is 41.6 Å². The molecular weight excluding hydrogens is 312 g/mol. The molecule has 1 aromatic heterocycles. The first-order chi connectivity index (χ1) is 11.7. The molecule has 3 atom stereocenters. The Balaban J connectivity index is 1.57. The van der Waals surface area contributed by atoms with Gasteiger partial charge in [-0.05, 0) is 73.6 Å². The lowest BCUT2D eigenvalue weighted by molar-refractivity contribution is 0.0876. The number of aromatic nitrogens is 1. The van der Waals surface area contributed by atoms with E-state index in [1.807, 2.05) is 11.8 Å². The van der Waals surface area contributed by atoms with Crippen LogP contribution < -0.4 is 0 Å². The number of nitrogens with one attached hydrogen (secondary N) is 1. The number of aryl methyl sites for hydroxylation is 1. The van der Waals surface area contributed by atoms with Crippen molar-refractivity contribution < 1.29 is 0 Å². The van der Waals surface area contributed by atoms with Gasteiger partial charge in [0.15, 0.2) is 0 Å². The predicted molar refractivity (Wildman–Crippen MR) is 104 cm³/mol. The Hall–Kier alpha value is -0.930. The van der Waals surface area contributed by atoms with Crippen LogP contribution in [0, 0.1) is 18.8 Å². The van der Waals surface area contributed by atoms with E-state index in [0.29, 0.717) is 0 Å². The Morgan fingerprint density at radius 2 is 2.12 bits per heavy atom. The zero-order valence-corrected chi connectivity index (χ0v) is 15.7. The fourth-order valence-electron chi connectivity index (χ4n) is 5.37. The lowest BCUT2D eigenvalue weighted by Crippen LogP contribution is -2.51. The highest BCUT2D eigenvalue weighted by atomic mass is 32.2. The lowest BCUT2D eigenvalue weighted by atomic mass is 9.72. The van der Waals surface area contributed by atoms with Crippen molar-refractivity contribution in [3.05, 3.63) is 35.0 Å². The molecule has 0 unspecified atom stereocenters. The summed E-state index contributed by atoms with van der Waals surface area (Å²) >= 11 is 2.03. The van der Waals surface area contributed by atoms with Crippen molar-refractivity contribution >= 4 is 22.7 Å². The summed E-state index contributed by atoms with van der Waals surface area (Å²) in [5.41, 5.74) is 5.99. The molecule has 2 nitrogen and oxygen atoms in total. The molecule has 0 radical (unpaired) electrons. The topological polar surface area (TPSA) is 19.0 Å². The van der Waals surface area contributed by atoms with Gasteiger partial charge >= 0.3 is 0 Å². The van der Waals surface area contributed by atoms with Crippen LogP contribution in [0.4, 0.5) is 0 Å². The van der Waals surface area contributed by atoms with E-state index in [2.05, 4.69) is 41.3 Å². The first-order valence-corrected chi connectivity index (χ1v) is 11.0. The van der Waals surface area contributed by atoms with Gasteiger partial charge in [-0.15, -0.1) is 0 Å². The smallest absolute Gasteiger partial charge is 0.0461 e. The molecule has 1 aromatic carbocycles. The van der Waals surface area contributed by atoms with Gasteiger partial charge in [-0.25, -0.2) is 0 Å². The van der Waals surface area contributed by atoms with E-state index < -0.39 is 0 Å². The molecule has 0 bridgehead atoms. The van der Waals surface area contributed by atoms with Crippen LogP contribution in [0.1, 0.15) is 42.0 Å². The molecule has 2 aliphatic carbocycles. The summed E-state index contributed by atoms with van der Waals surface area (Å²) in [5.74, 6) is 3.90. The Morgan fingerprint density at radius 1 is 1.25 bits per heavy atom. The SMILES string of the molecule is CSC[C@@H]1C[C@@H]2c3cccc4[nH]c(C)c(c34)C[C@H]2N(CC2CC2)C1. The number of thioether (sulfide) groups is 1. The van der Waals surface area contributed by atoms with Gasteiger partial charge in [0.2, 0.25) is 0 Å². The van der Waals surface area contributed by atoms with Gasteiger partial charge in [0.25, 0.3) is 0 Å². The minimum Gasteiger partial charge on any atom is -0.358 e. The zero-order chi connectivity index (χ0) is 16.3. The second-order valence-corrected chi connectivity index (χ2v) is 9.24. The maximum absolute atomic E-state index is 3.65. The number of fused-ring (bicyclic) bond motifs is 2. The van der Waals surface area contributed by atoms with E-state index in [1.165, 1.54) is 55.7 Å². The number of benzene rings is 1. The second kappa shape index (κ2) is 5.81. The molecule has 1 N–H and O–H groups in total. The summed E-state index contributed by atoms with van der Waals surface area (Å²) in [6.45, 7) is 4.94. The largest absolute Gasteiger partial charge is 0.358 e. The highest BCUT2D eigenvalue weighted by Gasteiger charge is 2.42. The third-order valence-corrected chi connectivity index (χ3v) is 7.40. The van der Waals surface area contributed by atoms with Gasteiger partial charge in [-0.2, -0.15) is 11.8 Å². The standard InChI is InChI=1S/C21H28N2S/c1-13-17-9-20-18(16-4-3-5-19(22-13)21(16)17)8-15(12-24-2)11-23(20)10-14-6-7-14/h3-5,14-15,18,20,22H,6-12H2,1-2H3/t15-,18-,20-/m1/s1. The van der Waals surface area contributed by atoms with Crippen molar-refractivity contribution in [2.24, 2.45) is 11.8 Å². The minimum absolute atomic E-state index is 0.733. The van der Waals surface area contributed by atoms with Crippen LogP contribution in [0.5, 0.6) is 0 Å². The van der Waals surface area contributed by atoms with Crippen molar-refractivity contribution in [3.8, 4) is 0 Å². The molecule has 0 spiro atoms. The number of hydrogen-bond acceptors (Lipinski definition) is 2. The quantitative estimate of drug-likeness (QED) is 0.878. The number of piperidine rings is 1. The van der Waals surface area contributed by atoms with Crippen LogP contribution in [-0.2, 0) is 6.42 Å². The lowest BCUT2D eigenvalue weighted by Gasteiger charge is -2.47. The fraction of sp³-hybridized carbons (Fsp3) is 0.619. The zero-order valence-electron chi connectivity index (χ0n) is 14.8. The summed E-state index contributed by atoms with van der Waals surface area (Å²) in [5, 5.41) is 1.56. The molecule has 5 rings (SSSR count). The van der Waals surface area contributed by atoms with Gasteiger partial charge in [-0.3, -0.25) is 4.90 Å². The number of likely N-dealkylation sites (tertiary alicyclic amines) is 1. The molecule has 24 heavy (non-hydrogen) atoms. The molecule has 2 heterocycles. The average Bonchev–Trinajstić information content (AvgIpc) is 3.33. The molecule has 1 aliphatic heterocycles. The molecule has 128 valence electrons. The summed E-state index contributed by atoms with van der Waals surface area (Å²) in [6, 6.07) is 7.69. The van der Waals surface area contributed by atoms with E-state index in [9.17, 15) is 0 Å². The van der Waals surface area contributed by atoms with Crippen molar-refractivity contribution in [2.45, 2.75) is 44.6 Å². The maximum Gasteiger partial charge on any atom is 0.0461 e. The highest BCUT2D eigenvalue weighted by Crippen LogP contribution is 2.47. The molecule has 0 amide bonds. The van der Waals surface area contributed by atoms with E-state index in [0.717, 1.165) is 23.8 Å². The Morgan fingerprint density at radius 3 is 2.92 bits per heavy atom. The van der Waals surface area contributed by atoms with E-state index in [1.54, 1.807) is 16.5 Å². The van der Waals surface area contributed by atoms with E-state index in [4.69, 9.17) is 0 Å². The van der Waals surface area contributed by atoms with Crippen molar-refractivity contribution in [3.63, 3.8) is 0 Å². The first kappa shape index (κ1) is 15.3. The molecule has 2 aromatic rings. The molecule has 1 saturated carbocycles. The minimum atomic E-state index is 0.733. The first-order valence-electron chi connectivity index (χ1n) is 9.57. The molecule has 3 heteroatoms. The van der Waals surface area contributed by atoms with Gasteiger partial charge < -0.3 is 4.98 Å². The van der Waals surface area contributed by atoms with Crippen LogP contribution >= 0.6 is 11.8 Å². The number of nitrogens with zero attached hydrogens (tertiary/aromatic N) is 1. The summed E-state index contributed by atoms with van der Waals surface area (Å²) in [6.07, 6.45) is 7.84. The average molecular weight is 341 g/mol. The Labute approximate surface area is 149 Å². The number of H-pyrrole nitrogens is 1. The van der Waals surface area contributed by atoms with E-state index in [-0.39, 0.29) is 0 Å². The highest BCUT2D eigenvalue weighted by molar-refractivity contribution is 7.98. The van der Waals surface area contributed by atoms with Crippen molar-refractivity contribution in [1.29, 1.82) is 0 Å². The monoisotopic (exact) mass is 340 g/mol. The maximum atomic E-state index is 3.65. The van der Waals surface area contributed by atoms with Gasteiger partial charge in [-0.1, -0.05) is 12.1 Å². The van der Waals surface area contributed by atoms with Crippen LogP contribution in [0.15, 0.2) is 18.2 Å². The molecule has 3 aliphatic rings. The van der Waals surface area contributed by atoms with Crippen molar-refractivity contribution in [1.82, 2.24) is 9.88 Å². The van der Waals surface area contributed by atoms with Crippen LogP contribution in [0.3, 0.4) is 0 Å². The molecular formula is C21H28N2S. The number of aromatic amines is 1. The second-order valence-electron chi connectivity index (χ2n) is 8.33. The van der Waals surface area contributed by atoms with Crippen LogP contribution in [0.25, 0.3) is 10.9 Å². The van der Waals surface area contributed by atoms with Crippen LogP contribution in [0.2, 0.25) is 0 Å². The normalized spacial score (nSPS) is 29.8. The predicted octanol–water partition coefficient (Wildman–Crippen LogP) is 4.58. The fourth-order valence-corrected chi connectivity index (χ4v) is 6.08. The summed E-state index contributed by atoms with van der Waals surface area (Å²) in [7, 11) is 0. The third-order valence-electron chi connectivity index (χ3n) is 6.59. The van der Waals surface area contributed by atoms with E-state index >= 15 is 0 Å². The molecule has 2 fully saturated rings. The van der Waals surface area contributed by atoms with Crippen molar-refractivity contribution in [2.75, 3.05) is 25.1 Å². The van der Waals surface area contributed by atoms with Crippen LogP contribution in [-0.4, -0.2) is 41.0 Å². The Bertz CT molecular complexity index is 761. The summed E-state index contributed by atoms with van der Waals surface area (Å²) < 4.78 is 0. The van der Waals surface area contributed by atoms with Gasteiger partial charge in [0.1, 0.15) is 0 Å². The Kier molecular flexibility index (Phi) is 3.71.